The fourth-order valence-electron chi connectivity index (χ4n) is 2.56. The molecule has 0 bridgehead atoms. The van der Waals surface area contributed by atoms with Gasteiger partial charge >= 0.3 is 0 Å². The van der Waals surface area contributed by atoms with Crippen molar-refractivity contribution in [3.05, 3.63) is 30.5 Å². The van der Waals surface area contributed by atoms with Crippen LogP contribution in [-0.2, 0) is 0 Å². The van der Waals surface area contributed by atoms with Crippen LogP contribution in [0.3, 0.4) is 0 Å². The van der Waals surface area contributed by atoms with E-state index in [1.54, 1.807) is 7.11 Å². The Morgan fingerprint density at radius 3 is 2.84 bits per heavy atom. The molecule has 4 nitrogen and oxygen atoms in total. The van der Waals surface area contributed by atoms with Crippen molar-refractivity contribution in [3.63, 3.8) is 0 Å². The van der Waals surface area contributed by atoms with Crippen LogP contribution in [0.4, 0.5) is 5.82 Å². The number of aromatic nitrogens is 1. The fraction of sp³-hybridized carbons (Fsp3) is 0.400. The van der Waals surface area contributed by atoms with Crippen molar-refractivity contribution in [2.24, 2.45) is 5.73 Å². The van der Waals surface area contributed by atoms with E-state index < -0.39 is 0 Å². The summed E-state index contributed by atoms with van der Waals surface area (Å²) in [7, 11) is 1.70. The number of benzene rings is 1. The van der Waals surface area contributed by atoms with E-state index in [2.05, 4.69) is 16.0 Å². The second-order valence-corrected chi connectivity index (χ2v) is 4.90. The molecule has 1 aliphatic carbocycles. The predicted octanol–water partition coefficient (Wildman–Crippen LogP) is 2.17. The molecule has 3 rings (SSSR count). The number of fused-ring (bicyclic) bond motifs is 1. The van der Waals surface area contributed by atoms with E-state index >= 15 is 0 Å². The Labute approximate surface area is 113 Å². The van der Waals surface area contributed by atoms with E-state index in [9.17, 15) is 0 Å². The van der Waals surface area contributed by atoms with Gasteiger partial charge in [0, 0.05) is 36.1 Å². The SMILES string of the molecule is COc1cccc2c(N(CCN)C3CC3)nccc12. The first-order valence-corrected chi connectivity index (χ1v) is 6.73. The zero-order valence-electron chi connectivity index (χ0n) is 11.2. The third-order valence-electron chi connectivity index (χ3n) is 3.59. The zero-order chi connectivity index (χ0) is 13.2. The minimum Gasteiger partial charge on any atom is -0.496 e. The van der Waals surface area contributed by atoms with Crippen LogP contribution < -0.4 is 15.4 Å². The molecule has 4 heteroatoms. The molecule has 0 unspecified atom stereocenters. The van der Waals surface area contributed by atoms with Gasteiger partial charge in [0.05, 0.1) is 7.11 Å². The molecule has 1 aliphatic rings. The summed E-state index contributed by atoms with van der Waals surface area (Å²) in [5, 5.41) is 2.25. The Bertz CT molecular complexity index is 581. The minimum absolute atomic E-state index is 0.604. The van der Waals surface area contributed by atoms with Gasteiger partial charge in [0.2, 0.25) is 0 Å². The maximum atomic E-state index is 5.74. The lowest BCUT2D eigenvalue weighted by Crippen LogP contribution is -2.32. The van der Waals surface area contributed by atoms with Gasteiger partial charge in [-0.05, 0) is 25.0 Å². The van der Waals surface area contributed by atoms with Gasteiger partial charge in [0.25, 0.3) is 0 Å². The van der Waals surface area contributed by atoms with Crippen LogP contribution in [0, 0.1) is 0 Å². The molecule has 2 aromatic rings. The molecule has 0 aliphatic heterocycles. The summed E-state index contributed by atoms with van der Waals surface area (Å²) in [5.74, 6) is 1.92. The normalized spacial score (nSPS) is 14.6. The number of rotatable bonds is 5. The number of hydrogen-bond acceptors (Lipinski definition) is 4. The van der Waals surface area contributed by atoms with Crippen molar-refractivity contribution in [1.29, 1.82) is 0 Å². The van der Waals surface area contributed by atoms with Gasteiger partial charge in [0.15, 0.2) is 0 Å². The van der Waals surface area contributed by atoms with Crippen molar-refractivity contribution in [2.45, 2.75) is 18.9 Å². The van der Waals surface area contributed by atoms with E-state index in [0.29, 0.717) is 12.6 Å². The molecule has 0 radical (unpaired) electrons. The van der Waals surface area contributed by atoms with Crippen LogP contribution in [-0.4, -0.2) is 31.2 Å². The van der Waals surface area contributed by atoms with Crippen LogP contribution >= 0.6 is 0 Å². The molecule has 1 aromatic heterocycles. The van der Waals surface area contributed by atoms with Crippen molar-refractivity contribution in [1.82, 2.24) is 4.98 Å². The molecule has 1 aromatic carbocycles. The monoisotopic (exact) mass is 257 g/mol. The van der Waals surface area contributed by atoms with E-state index in [-0.39, 0.29) is 0 Å². The van der Waals surface area contributed by atoms with Gasteiger partial charge in [-0.15, -0.1) is 0 Å². The molecular formula is C15H19N3O. The second-order valence-electron chi connectivity index (χ2n) is 4.90. The molecule has 1 heterocycles. The highest BCUT2D eigenvalue weighted by Gasteiger charge is 2.30. The van der Waals surface area contributed by atoms with Crippen molar-refractivity contribution >= 4 is 16.6 Å². The highest BCUT2D eigenvalue weighted by atomic mass is 16.5. The van der Waals surface area contributed by atoms with Gasteiger partial charge in [-0.25, -0.2) is 4.98 Å². The average Bonchev–Trinajstić information content (AvgIpc) is 3.28. The molecule has 0 saturated heterocycles. The molecule has 1 fully saturated rings. The predicted molar refractivity (Wildman–Crippen MR) is 77.7 cm³/mol. The molecule has 0 atom stereocenters. The zero-order valence-corrected chi connectivity index (χ0v) is 11.2. The number of ether oxygens (including phenoxy) is 1. The first kappa shape index (κ1) is 12.2. The highest BCUT2D eigenvalue weighted by Crippen LogP contribution is 2.36. The molecule has 0 amide bonds. The maximum Gasteiger partial charge on any atom is 0.136 e. The Hall–Kier alpha value is -1.81. The summed E-state index contributed by atoms with van der Waals surface area (Å²) >= 11 is 0. The molecule has 1 saturated carbocycles. The molecular weight excluding hydrogens is 238 g/mol. The van der Waals surface area contributed by atoms with Gasteiger partial charge in [-0.3, -0.25) is 0 Å². The molecule has 100 valence electrons. The summed E-state index contributed by atoms with van der Waals surface area (Å²) in [6.45, 7) is 1.51. The van der Waals surface area contributed by atoms with Gasteiger partial charge in [0.1, 0.15) is 11.6 Å². The number of nitrogens with zero attached hydrogens (tertiary/aromatic N) is 2. The summed E-state index contributed by atoms with van der Waals surface area (Å²) in [5.41, 5.74) is 5.74. The van der Waals surface area contributed by atoms with E-state index in [4.69, 9.17) is 10.5 Å². The third-order valence-corrected chi connectivity index (χ3v) is 3.59. The second kappa shape index (κ2) is 5.05. The largest absolute Gasteiger partial charge is 0.496 e. The van der Waals surface area contributed by atoms with Crippen LogP contribution in [0.2, 0.25) is 0 Å². The summed E-state index contributed by atoms with van der Waals surface area (Å²) < 4.78 is 5.43. The van der Waals surface area contributed by atoms with Crippen molar-refractivity contribution < 1.29 is 4.74 Å². The Balaban J connectivity index is 2.12. The number of anilines is 1. The van der Waals surface area contributed by atoms with Crippen LogP contribution in [0.1, 0.15) is 12.8 Å². The lowest BCUT2D eigenvalue weighted by atomic mass is 10.1. The van der Waals surface area contributed by atoms with Crippen molar-refractivity contribution in [2.75, 3.05) is 25.1 Å². The van der Waals surface area contributed by atoms with E-state index in [1.165, 1.54) is 12.8 Å². The van der Waals surface area contributed by atoms with Crippen LogP contribution in [0.15, 0.2) is 30.5 Å². The standard InChI is InChI=1S/C15H19N3O/c1-19-14-4-2-3-13-12(14)7-9-17-15(13)18(10-8-16)11-5-6-11/h2-4,7,9,11H,5-6,8,10,16H2,1H3. The summed E-state index contributed by atoms with van der Waals surface area (Å²) in [6.07, 6.45) is 4.33. The number of nitrogens with two attached hydrogens (primary N) is 1. The summed E-state index contributed by atoms with van der Waals surface area (Å²) in [6, 6.07) is 8.71. The third kappa shape index (κ3) is 2.24. The minimum atomic E-state index is 0.604. The van der Waals surface area contributed by atoms with Gasteiger partial charge < -0.3 is 15.4 Å². The lowest BCUT2D eigenvalue weighted by molar-refractivity contribution is 0.420. The molecule has 19 heavy (non-hydrogen) atoms. The van der Waals surface area contributed by atoms with Crippen molar-refractivity contribution in [3.8, 4) is 5.75 Å². The number of methoxy groups -OCH3 is 1. The van der Waals surface area contributed by atoms with Crippen LogP contribution in [0.25, 0.3) is 10.8 Å². The molecule has 2 N–H and O–H groups in total. The van der Waals surface area contributed by atoms with E-state index in [1.807, 2.05) is 24.4 Å². The van der Waals surface area contributed by atoms with E-state index in [0.717, 1.165) is 28.9 Å². The molecule has 0 spiro atoms. The number of hydrogen-bond donors (Lipinski definition) is 1. The average molecular weight is 257 g/mol. The highest BCUT2D eigenvalue weighted by molar-refractivity contribution is 5.96. The first-order chi connectivity index (χ1) is 9.35. The fourth-order valence-corrected chi connectivity index (χ4v) is 2.56. The van der Waals surface area contributed by atoms with Crippen LogP contribution in [0.5, 0.6) is 5.75 Å². The van der Waals surface area contributed by atoms with Gasteiger partial charge in [-0.2, -0.15) is 0 Å². The Morgan fingerprint density at radius 1 is 1.32 bits per heavy atom. The topological polar surface area (TPSA) is 51.4 Å². The number of pyridine rings is 1. The lowest BCUT2D eigenvalue weighted by Gasteiger charge is -2.24. The Kier molecular flexibility index (Phi) is 3.25. The smallest absolute Gasteiger partial charge is 0.136 e. The quantitative estimate of drug-likeness (QED) is 0.892. The maximum absolute atomic E-state index is 5.74. The van der Waals surface area contributed by atoms with Gasteiger partial charge in [-0.1, -0.05) is 12.1 Å². The first-order valence-electron chi connectivity index (χ1n) is 6.73. The summed E-state index contributed by atoms with van der Waals surface area (Å²) in [4.78, 5) is 6.91. The Morgan fingerprint density at radius 2 is 2.16 bits per heavy atom.